The highest BCUT2D eigenvalue weighted by Gasteiger charge is 2.20. The molecule has 92 valence electrons. The quantitative estimate of drug-likeness (QED) is 0.399. The first-order valence-electron chi connectivity index (χ1n) is 5.05. The van der Waals surface area contributed by atoms with E-state index in [0.29, 0.717) is 0 Å². The van der Waals surface area contributed by atoms with E-state index in [4.69, 9.17) is 10.3 Å². The van der Waals surface area contributed by atoms with E-state index in [-0.39, 0.29) is 6.42 Å². The SMILES string of the molecule is O=C(CO)NC(Cc1ccccc1)C(=O)NO. The van der Waals surface area contributed by atoms with Crippen molar-refractivity contribution in [2.45, 2.75) is 12.5 Å². The Morgan fingerprint density at radius 2 is 1.88 bits per heavy atom. The summed E-state index contributed by atoms with van der Waals surface area (Å²) in [6.07, 6.45) is 0.235. The van der Waals surface area contributed by atoms with Gasteiger partial charge in [0.25, 0.3) is 5.91 Å². The van der Waals surface area contributed by atoms with E-state index >= 15 is 0 Å². The second kappa shape index (κ2) is 6.62. The van der Waals surface area contributed by atoms with Gasteiger partial charge in [0.1, 0.15) is 12.6 Å². The molecule has 6 nitrogen and oxygen atoms in total. The molecule has 0 saturated heterocycles. The second-order valence-electron chi connectivity index (χ2n) is 3.44. The average molecular weight is 238 g/mol. The highest BCUT2D eigenvalue weighted by molar-refractivity contribution is 5.87. The van der Waals surface area contributed by atoms with Gasteiger partial charge in [-0.2, -0.15) is 0 Å². The number of benzene rings is 1. The van der Waals surface area contributed by atoms with Crippen molar-refractivity contribution in [1.82, 2.24) is 10.8 Å². The smallest absolute Gasteiger partial charge is 0.266 e. The van der Waals surface area contributed by atoms with Crippen molar-refractivity contribution in [2.75, 3.05) is 6.61 Å². The van der Waals surface area contributed by atoms with Crippen molar-refractivity contribution in [2.24, 2.45) is 0 Å². The number of amides is 2. The van der Waals surface area contributed by atoms with Gasteiger partial charge in [0.2, 0.25) is 5.91 Å². The van der Waals surface area contributed by atoms with Crippen LogP contribution in [0.5, 0.6) is 0 Å². The lowest BCUT2D eigenvalue weighted by Gasteiger charge is -2.16. The second-order valence-corrected chi connectivity index (χ2v) is 3.44. The van der Waals surface area contributed by atoms with Crippen LogP contribution in [0.2, 0.25) is 0 Å². The van der Waals surface area contributed by atoms with Gasteiger partial charge in [-0.1, -0.05) is 30.3 Å². The van der Waals surface area contributed by atoms with Crippen molar-refractivity contribution < 1.29 is 19.9 Å². The van der Waals surface area contributed by atoms with Crippen LogP contribution in [0, 0.1) is 0 Å². The molecule has 6 heteroatoms. The van der Waals surface area contributed by atoms with E-state index in [1.165, 1.54) is 5.48 Å². The molecule has 0 fully saturated rings. The summed E-state index contributed by atoms with van der Waals surface area (Å²) in [6, 6.07) is 8.11. The normalized spacial score (nSPS) is 11.6. The Morgan fingerprint density at radius 1 is 1.24 bits per heavy atom. The van der Waals surface area contributed by atoms with Crippen molar-refractivity contribution in [1.29, 1.82) is 0 Å². The van der Waals surface area contributed by atoms with Crippen molar-refractivity contribution in [3.8, 4) is 0 Å². The molecule has 0 radical (unpaired) electrons. The zero-order chi connectivity index (χ0) is 12.7. The zero-order valence-electron chi connectivity index (χ0n) is 9.09. The zero-order valence-corrected chi connectivity index (χ0v) is 9.09. The van der Waals surface area contributed by atoms with E-state index in [9.17, 15) is 9.59 Å². The van der Waals surface area contributed by atoms with Gasteiger partial charge in [0.05, 0.1) is 0 Å². The van der Waals surface area contributed by atoms with Crippen LogP contribution in [0.3, 0.4) is 0 Å². The van der Waals surface area contributed by atoms with Gasteiger partial charge in [-0.25, -0.2) is 5.48 Å². The molecule has 1 rings (SSSR count). The number of rotatable bonds is 5. The molecule has 0 bridgehead atoms. The van der Waals surface area contributed by atoms with Crippen LogP contribution in [0.1, 0.15) is 5.56 Å². The summed E-state index contributed by atoms with van der Waals surface area (Å²) in [6.45, 7) is -0.704. The molecule has 17 heavy (non-hydrogen) atoms. The number of hydroxylamine groups is 1. The lowest BCUT2D eigenvalue weighted by Crippen LogP contribution is -2.48. The minimum absolute atomic E-state index is 0.235. The van der Waals surface area contributed by atoms with Gasteiger partial charge in [0, 0.05) is 6.42 Å². The number of nitrogens with one attached hydrogen (secondary N) is 2. The third-order valence-electron chi connectivity index (χ3n) is 2.19. The third kappa shape index (κ3) is 4.21. The fourth-order valence-electron chi connectivity index (χ4n) is 1.38. The van der Waals surface area contributed by atoms with Crippen molar-refractivity contribution in [3.05, 3.63) is 35.9 Å². The largest absolute Gasteiger partial charge is 0.387 e. The van der Waals surface area contributed by atoms with Gasteiger partial charge in [0.15, 0.2) is 0 Å². The Labute approximate surface area is 98.2 Å². The molecule has 1 aromatic carbocycles. The average Bonchev–Trinajstić information content (AvgIpc) is 2.38. The van der Waals surface area contributed by atoms with Gasteiger partial charge in [-0.05, 0) is 5.56 Å². The molecule has 0 aliphatic carbocycles. The summed E-state index contributed by atoms with van der Waals surface area (Å²) in [7, 11) is 0. The van der Waals surface area contributed by atoms with Crippen LogP contribution < -0.4 is 10.8 Å². The third-order valence-corrected chi connectivity index (χ3v) is 2.19. The standard InChI is InChI=1S/C11H14N2O4/c14-7-10(15)12-9(11(16)13-17)6-8-4-2-1-3-5-8/h1-5,9,14,17H,6-7H2,(H,12,15)(H,13,16). The molecule has 1 aromatic rings. The fraction of sp³-hybridized carbons (Fsp3) is 0.273. The maximum Gasteiger partial charge on any atom is 0.266 e. The number of aliphatic hydroxyl groups is 1. The van der Waals surface area contributed by atoms with E-state index in [1.54, 1.807) is 24.3 Å². The molecule has 1 atom stereocenters. The van der Waals surface area contributed by atoms with E-state index in [2.05, 4.69) is 5.32 Å². The van der Waals surface area contributed by atoms with Crippen molar-refractivity contribution in [3.63, 3.8) is 0 Å². The molecular weight excluding hydrogens is 224 g/mol. The minimum Gasteiger partial charge on any atom is -0.387 e. The summed E-state index contributed by atoms with van der Waals surface area (Å²) in [4.78, 5) is 22.3. The predicted molar refractivity (Wildman–Crippen MR) is 59.1 cm³/mol. The van der Waals surface area contributed by atoms with Crippen LogP contribution in [0.25, 0.3) is 0 Å². The highest BCUT2D eigenvalue weighted by Crippen LogP contribution is 2.03. The van der Waals surface area contributed by atoms with Gasteiger partial charge in [-0.15, -0.1) is 0 Å². The Morgan fingerprint density at radius 3 is 2.41 bits per heavy atom. The van der Waals surface area contributed by atoms with Gasteiger partial charge < -0.3 is 10.4 Å². The topological polar surface area (TPSA) is 98.7 Å². The first-order chi connectivity index (χ1) is 8.17. The summed E-state index contributed by atoms with van der Waals surface area (Å²) in [5, 5.41) is 19.5. The van der Waals surface area contributed by atoms with Crippen molar-refractivity contribution >= 4 is 11.8 Å². The Kier molecular flexibility index (Phi) is 5.12. The van der Waals surface area contributed by atoms with Crippen LogP contribution in [0.4, 0.5) is 0 Å². The van der Waals surface area contributed by atoms with Crippen LogP contribution in [-0.2, 0) is 16.0 Å². The molecule has 0 saturated carbocycles. The molecule has 1 unspecified atom stereocenters. The number of aliphatic hydroxyl groups excluding tert-OH is 1. The number of hydrogen-bond acceptors (Lipinski definition) is 4. The van der Waals surface area contributed by atoms with Gasteiger partial charge in [-0.3, -0.25) is 14.8 Å². The fourth-order valence-corrected chi connectivity index (χ4v) is 1.38. The summed E-state index contributed by atoms with van der Waals surface area (Å²) >= 11 is 0. The molecule has 0 aromatic heterocycles. The summed E-state index contributed by atoms with van der Waals surface area (Å²) in [5.41, 5.74) is 2.31. The molecule has 2 amide bonds. The summed E-state index contributed by atoms with van der Waals surface area (Å²) < 4.78 is 0. The maximum absolute atomic E-state index is 11.3. The maximum atomic E-state index is 11.3. The Balaban J connectivity index is 2.70. The number of hydrogen-bond donors (Lipinski definition) is 4. The first kappa shape index (κ1) is 13.1. The predicted octanol–water partition coefficient (Wildman–Crippen LogP) is -0.788. The lowest BCUT2D eigenvalue weighted by atomic mass is 10.1. The number of carbonyl (C=O) groups is 2. The monoisotopic (exact) mass is 238 g/mol. The lowest BCUT2D eigenvalue weighted by molar-refractivity contribution is -0.135. The Hall–Kier alpha value is -1.92. The van der Waals surface area contributed by atoms with Crippen LogP contribution in [0.15, 0.2) is 30.3 Å². The summed E-state index contributed by atoms with van der Waals surface area (Å²) in [5.74, 6) is -1.40. The molecule has 0 spiro atoms. The molecule has 0 aliphatic heterocycles. The minimum atomic E-state index is -0.915. The van der Waals surface area contributed by atoms with E-state index in [0.717, 1.165) is 5.56 Å². The highest BCUT2D eigenvalue weighted by atomic mass is 16.5. The first-order valence-corrected chi connectivity index (χ1v) is 5.05. The van der Waals surface area contributed by atoms with Gasteiger partial charge >= 0.3 is 0 Å². The molecule has 0 heterocycles. The molecule has 4 N–H and O–H groups in total. The number of carbonyl (C=O) groups excluding carboxylic acids is 2. The Bertz CT molecular complexity index is 380. The molecular formula is C11H14N2O4. The van der Waals surface area contributed by atoms with Crippen LogP contribution in [-0.4, -0.2) is 34.8 Å². The molecule has 0 aliphatic rings. The van der Waals surface area contributed by atoms with E-state index in [1.807, 2.05) is 6.07 Å². The van der Waals surface area contributed by atoms with Crippen LogP contribution >= 0.6 is 0 Å². The van der Waals surface area contributed by atoms with E-state index < -0.39 is 24.5 Å².